The molecule has 2 aliphatic heterocycles. The zero-order chi connectivity index (χ0) is 20.4. The highest BCUT2D eigenvalue weighted by molar-refractivity contribution is 7.92. The van der Waals surface area contributed by atoms with Gasteiger partial charge in [0.2, 0.25) is 10.0 Å². The Balaban J connectivity index is 0.00000171. The molecule has 1 fully saturated rings. The fourth-order valence-corrected chi connectivity index (χ4v) is 5.41. The van der Waals surface area contributed by atoms with Crippen LogP contribution in [0.4, 0.5) is 5.69 Å². The summed E-state index contributed by atoms with van der Waals surface area (Å²) < 4.78 is 31.4. The molecule has 0 aromatic heterocycles. The Labute approximate surface area is 197 Å². The third-order valence-corrected chi connectivity index (χ3v) is 7.09. The fraction of sp³-hybridized carbons (Fsp3) is 0.455. The van der Waals surface area contributed by atoms with Gasteiger partial charge in [-0.15, -0.1) is 24.8 Å². The van der Waals surface area contributed by atoms with Crippen molar-refractivity contribution in [3.8, 4) is 5.75 Å². The first-order chi connectivity index (χ1) is 14.0. The molecule has 0 bridgehead atoms. The highest BCUT2D eigenvalue weighted by Gasteiger charge is 2.29. The number of methoxy groups -OCH3 is 1. The summed E-state index contributed by atoms with van der Waals surface area (Å²) in [4.78, 5) is 0. The predicted molar refractivity (Wildman–Crippen MR) is 130 cm³/mol. The third-order valence-electron chi connectivity index (χ3n) is 5.91. The van der Waals surface area contributed by atoms with Gasteiger partial charge in [-0.25, -0.2) is 8.42 Å². The number of fused-ring (bicyclic) bond motifs is 1. The van der Waals surface area contributed by atoms with Crippen molar-refractivity contribution in [1.82, 2.24) is 10.6 Å². The van der Waals surface area contributed by atoms with E-state index in [1.807, 2.05) is 18.2 Å². The summed E-state index contributed by atoms with van der Waals surface area (Å²) in [5, 5.41) is 7.33. The van der Waals surface area contributed by atoms with Gasteiger partial charge in [0.1, 0.15) is 5.75 Å². The number of nitrogens with zero attached hydrogens (tertiary/aromatic N) is 1. The van der Waals surface area contributed by atoms with Crippen LogP contribution in [0.2, 0.25) is 0 Å². The molecule has 0 radical (unpaired) electrons. The van der Waals surface area contributed by atoms with Crippen LogP contribution < -0.4 is 19.7 Å². The highest BCUT2D eigenvalue weighted by atomic mass is 35.5. The van der Waals surface area contributed by atoms with Gasteiger partial charge in [0.15, 0.2) is 0 Å². The Morgan fingerprint density at radius 2 is 1.94 bits per heavy atom. The smallest absolute Gasteiger partial charge is 0.232 e. The SMILES string of the molecule is COc1cc2c(cc1CN[C@H]1CCCN[C@H]1c1ccccc1)N(S(C)(=O)=O)CC2.Cl.Cl. The van der Waals surface area contributed by atoms with Crippen molar-refractivity contribution in [2.45, 2.75) is 37.9 Å². The molecule has 0 amide bonds. The molecule has 0 saturated carbocycles. The molecule has 2 atom stereocenters. The van der Waals surface area contributed by atoms with Crippen LogP contribution in [-0.4, -0.2) is 40.9 Å². The number of ether oxygens (including phenoxy) is 1. The first-order valence-electron chi connectivity index (χ1n) is 10.2. The van der Waals surface area contributed by atoms with Gasteiger partial charge < -0.3 is 15.4 Å². The van der Waals surface area contributed by atoms with Crippen LogP contribution in [0.3, 0.4) is 0 Å². The minimum absolute atomic E-state index is 0. The number of rotatable bonds is 6. The molecule has 9 heteroatoms. The summed E-state index contributed by atoms with van der Waals surface area (Å²) in [5.74, 6) is 0.812. The number of anilines is 1. The topological polar surface area (TPSA) is 70.7 Å². The predicted octanol–water partition coefficient (Wildman–Crippen LogP) is 3.44. The minimum atomic E-state index is -3.27. The zero-order valence-electron chi connectivity index (χ0n) is 17.8. The van der Waals surface area contributed by atoms with Gasteiger partial charge in [-0.3, -0.25) is 4.31 Å². The second kappa shape index (κ2) is 10.9. The maximum Gasteiger partial charge on any atom is 0.232 e. The molecule has 31 heavy (non-hydrogen) atoms. The molecular formula is C22H31Cl2N3O3S. The highest BCUT2D eigenvalue weighted by Crippen LogP contribution is 2.36. The van der Waals surface area contributed by atoms with Gasteiger partial charge in [-0.1, -0.05) is 30.3 Å². The molecule has 2 N–H and O–H groups in total. The summed E-state index contributed by atoms with van der Waals surface area (Å²) in [6, 6.07) is 15.0. The first-order valence-corrected chi connectivity index (χ1v) is 12.0. The van der Waals surface area contributed by atoms with Crippen LogP contribution in [0, 0.1) is 0 Å². The van der Waals surface area contributed by atoms with Crippen molar-refractivity contribution < 1.29 is 13.2 Å². The summed E-state index contributed by atoms with van der Waals surface area (Å²) in [6.07, 6.45) is 4.21. The van der Waals surface area contributed by atoms with Crippen molar-refractivity contribution in [2.24, 2.45) is 0 Å². The Kier molecular flexibility index (Phi) is 9.03. The number of hydrogen-bond donors (Lipinski definition) is 2. The average molecular weight is 488 g/mol. The van der Waals surface area contributed by atoms with E-state index >= 15 is 0 Å². The number of benzene rings is 2. The quantitative estimate of drug-likeness (QED) is 0.652. The number of piperidine rings is 1. The lowest BCUT2D eigenvalue weighted by atomic mass is 9.92. The van der Waals surface area contributed by atoms with E-state index < -0.39 is 10.0 Å². The zero-order valence-corrected chi connectivity index (χ0v) is 20.3. The largest absolute Gasteiger partial charge is 0.496 e. The molecule has 1 saturated heterocycles. The summed E-state index contributed by atoms with van der Waals surface area (Å²) in [5.41, 5.74) is 4.08. The first kappa shape index (κ1) is 25.7. The van der Waals surface area contributed by atoms with Crippen molar-refractivity contribution in [2.75, 3.05) is 30.8 Å². The molecule has 4 rings (SSSR count). The maximum atomic E-state index is 12.1. The monoisotopic (exact) mass is 487 g/mol. The molecule has 2 heterocycles. The molecule has 6 nitrogen and oxygen atoms in total. The van der Waals surface area contributed by atoms with Crippen molar-refractivity contribution in [3.05, 3.63) is 59.2 Å². The van der Waals surface area contributed by atoms with E-state index in [2.05, 4.69) is 34.9 Å². The standard InChI is InChI=1S/C22H29N3O3S.2ClH/c1-28-21-14-17-10-12-25(29(2,26)27)20(17)13-18(21)15-24-19-9-6-11-23-22(19)16-7-4-3-5-8-16;;/h3-5,7-8,13-14,19,22-24H,6,9-12,15H2,1-2H3;2*1H/t19-,22-;;/m0../s1. The Bertz CT molecular complexity index is 973. The minimum Gasteiger partial charge on any atom is -0.496 e. The molecular weight excluding hydrogens is 457 g/mol. The third kappa shape index (κ3) is 5.65. The lowest BCUT2D eigenvalue weighted by molar-refractivity contribution is 0.303. The Morgan fingerprint density at radius 1 is 1.19 bits per heavy atom. The van der Waals surface area contributed by atoms with Crippen LogP contribution in [0.5, 0.6) is 5.75 Å². The van der Waals surface area contributed by atoms with Gasteiger partial charge in [0, 0.05) is 30.7 Å². The van der Waals surface area contributed by atoms with E-state index in [0.29, 0.717) is 19.1 Å². The summed E-state index contributed by atoms with van der Waals surface area (Å²) in [6.45, 7) is 2.14. The molecule has 0 spiro atoms. The van der Waals surface area contributed by atoms with Crippen LogP contribution in [0.15, 0.2) is 42.5 Å². The number of hydrogen-bond acceptors (Lipinski definition) is 5. The van der Waals surface area contributed by atoms with Gasteiger partial charge in [0.25, 0.3) is 0 Å². The molecule has 2 aliphatic rings. The maximum absolute atomic E-state index is 12.1. The van der Waals surface area contributed by atoms with Crippen LogP contribution in [0.1, 0.15) is 35.6 Å². The van der Waals surface area contributed by atoms with E-state index in [4.69, 9.17) is 4.74 Å². The number of sulfonamides is 1. The lowest BCUT2D eigenvalue weighted by Crippen LogP contribution is -2.45. The van der Waals surface area contributed by atoms with E-state index in [9.17, 15) is 8.42 Å². The Hall–Kier alpha value is -1.51. The van der Waals surface area contributed by atoms with E-state index in [0.717, 1.165) is 48.4 Å². The lowest BCUT2D eigenvalue weighted by Gasteiger charge is -2.34. The van der Waals surface area contributed by atoms with Crippen LogP contribution >= 0.6 is 24.8 Å². The van der Waals surface area contributed by atoms with Gasteiger partial charge in [-0.2, -0.15) is 0 Å². The van der Waals surface area contributed by atoms with E-state index in [1.54, 1.807) is 7.11 Å². The molecule has 172 valence electrons. The average Bonchev–Trinajstić information content (AvgIpc) is 3.15. The molecule has 2 aromatic carbocycles. The molecule has 0 unspecified atom stereocenters. The molecule has 2 aromatic rings. The normalized spacial score (nSPS) is 20.4. The van der Waals surface area contributed by atoms with E-state index in [1.165, 1.54) is 16.1 Å². The van der Waals surface area contributed by atoms with Crippen molar-refractivity contribution >= 4 is 40.5 Å². The van der Waals surface area contributed by atoms with Gasteiger partial charge in [-0.05, 0) is 49.1 Å². The van der Waals surface area contributed by atoms with Crippen molar-refractivity contribution in [3.63, 3.8) is 0 Å². The summed E-state index contributed by atoms with van der Waals surface area (Å²) in [7, 11) is -1.60. The second-order valence-electron chi connectivity index (χ2n) is 7.85. The van der Waals surface area contributed by atoms with Crippen LogP contribution in [-0.2, 0) is 23.0 Å². The Morgan fingerprint density at radius 3 is 2.61 bits per heavy atom. The van der Waals surface area contributed by atoms with E-state index in [-0.39, 0.29) is 30.9 Å². The number of halogens is 2. The fourth-order valence-electron chi connectivity index (χ4n) is 4.46. The number of nitrogens with one attached hydrogen (secondary N) is 2. The summed E-state index contributed by atoms with van der Waals surface area (Å²) >= 11 is 0. The van der Waals surface area contributed by atoms with Crippen molar-refractivity contribution in [1.29, 1.82) is 0 Å². The van der Waals surface area contributed by atoms with Crippen LogP contribution in [0.25, 0.3) is 0 Å². The van der Waals surface area contributed by atoms with Gasteiger partial charge in [0.05, 0.1) is 19.1 Å². The molecule has 0 aliphatic carbocycles. The van der Waals surface area contributed by atoms with Gasteiger partial charge >= 0.3 is 0 Å². The second-order valence-corrected chi connectivity index (χ2v) is 9.76.